The van der Waals surface area contributed by atoms with Gasteiger partial charge in [0.15, 0.2) is 0 Å². The lowest BCUT2D eigenvalue weighted by Crippen LogP contribution is -2.42. The summed E-state index contributed by atoms with van der Waals surface area (Å²) in [7, 11) is -0.657. The maximum absolute atomic E-state index is 11.7. The molecule has 2 unspecified atom stereocenters. The molecule has 2 atom stereocenters. The van der Waals surface area contributed by atoms with Crippen molar-refractivity contribution in [2.24, 2.45) is 0 Å². The molecule has 0 aliphatic carbocycles. The van der Waals surface area contributed by atoms with E-state index in [2.05, 4.69) is 6.58 Å². The maximum Gasteiger partial charge on any atom is 0.0673 e. The first-order valence-electron chi connectivity index (χ1n) is 5.37. The van der Waals surface area contributed by atoms with Gasteiger partial charge in [-0.1, -0.05) is 6.08 Å². The minimum absolute atomic E-state index is 0.267. The highest BCUT2D eigenvalue weighted by Gasteiger charge is 2.46. The molecule has 0 saturated carbocycles. The first kappa shape index (κ1) is 10.4. The fraction of sp³-hybridized carbons (Fsp3) is 0.818. The van der Waals surface area contributed by atoms with Gasteiger partial charge >= 0.3 is 0 Å². The Morgan fingerprint density at radius 1 is 1.43 bits per heavy atom. The molecule has 2 rings (SSSR count). The largest absolute Gasteiger partial charge is 0.390 e. The fourth-order valence-corrected chi connectivity index (χ4v) is 4.98. The minimum Gasteiger partial charge on any atom is -0.390 e. The Hall–Kier alpha value is -0.150. The predicted molar refractivity (Wildman–Crippen MR) is 58.6 cm³/mol. The Bertz CT molecular complexity index is 246. The molecule has 80 valence electrons. The molecule has 2 aliphatic rings. The van der Waals surface area contributed by atoms with E-state index in [4.69, 9.17) is 0 Å². The molecule has 0 aromatic heterocycles. The average molecular weight is 214 g/mol. The van der Waals surface area contributed by atoms with Gasteiger partial charge in [-0.25, -0.2) is 0 Å². The number of rotatable bonds is 3. The highest BCUT2D eigenvalue weighted by molar-refractivity contribution is 7.86. The van der Waals surface area contributed by atoms with Crippen LogP contribution in [0.4, 0.5) is 0 Å². The summed E-state index contributed by atoms with van der Waals surface area (Å²) in [5.41, 5.74) is -0.548. The van der Waals surface area contributed by atoms with Crippen molar-refractivity contribution in [1.82, 2.24) is 0 Å². The zero-order valence-electron chi connectivity index (χ0n) is 8.45. The van der Waals surface area contributed by atoms with Crippen molar-refractivity contribution < 1.29 is 9.32 Å². The molecule has 0 aromatic carbocycles. The van der Waals surface area contributed by atoms with E-state index >= 15 is 0 Å². The Balaban J connectivity index is 2.03. The summed E-state index contributed by atoms with van der Waals surface area (Å²) in [6.07, 6.45) is 7.09. The number of hydrogen-bond donors (Lipinski definition) is 1. The van der Waals surface area contributed by atoms with Crippen molar-refractivity contribution in [3.8, 4) is 0 Å². The van der Waals surface area contributed by atoms with Crippen LogP contribution in [-0.2, 0) is 10.8 Å². The molecule has 3 heteroatoms. The predicted octanol–water partition coefficient (Wildman–Crippen LogP) is 1.76. The summed E-state index contributed by atoms with van der Waals surface area (Å²) < 4.78 is 11.7. The van der Waals surface area contributed by atoms with Crippen LogP contribution >= 0.6 is 0 Å². The lowest BCUT2D eigenvalue weighted by molar-refractivity contribution is 0.0153. The van der Waals surface area contributed by atoms with Crippen LogP contribution in [0.25, 0.3) is 0 Å². The molecule has 0 radical (unpaired) electrons. The van der Waals surface area contributed by atoms with E-state index in [1.807, 2.05) is 6.08 Å². The number of aliphatic hydroxyl groups is 1. The molecule has 0 aromatic rings. The number of fused-ring (bicyclic) bond motifs is 2. The van der Waals surface area contributed by atoms with Crippen LogP contribution < -0.4 is 0 Å². The van der Waals surface area contributed by atoms with Crippen molar-refractivity contribution in [3.05, 3.63) is 12.7 Å². The standard InChI is InChI=1S/C11H18O2S/c1-2-3-6-11(12)7-9-4-5-10(8-11)14(9)13/h2,9-10,12H,1,3-8H2. The second-order valence-corrected chi connectivity index (χ2v) is 6.60. The van der Waals surface area contributed by atoms with Crippen molar-refractivity contribution in [2.45, 2.75) is 54.6 Å². The Morgan fingerprint density at radius 2 is 2.00 bits per heavy atom. The van der Waals surface area contributed by atoms with Crippen LogP contribution in [0.15, 0.2) is 12.7 Å². The summed E-state index contributed by atoms with van der Waals surface area (Å²) in [6.45, 7) is 3.67. The second-order valence-electron chi connectivity index (χ2n) is 4.61. The number of hydrogen-bond acceptors (Lipinski definition) is 2. The molecule has 2 aliphatic heterocycles. The molecule has 2 bridgehead atoms. The van der Waals surface area contributed by atoms with Gasteiger partial charge in [0.25, 0.3) is 0 Å². The summed E-state index contributed by atoms with van der Waals surface area (Å²) in [6, 6.07) is 0. The minimum atomic E-state index is -0.657. The molecule has 2 saturated heterocycles. The molecule has 2 fully saturated rings. The van der Waals surface area contributed by atoms with E-state index in [0.29, 0.717) is 0 Å². The molecule has 1 N–H and O–H groups in total. The van der Waals surface area contributed by atoms with E-state index < -0.39 is 16.4 Å². The molecular weight excluding hydrogens is 196 g/mol. The van der Waals surface area contributed by atoms with Gasteiger partial charge in [0.1, 0.15) is 0 Å². The first-order valence-corrected chi connectivity index (χ1v) is 6.65. The average Bonchev–Trinajstić information content (AvgIpc) is 2.41. The van der Waals surface area contributed by atoms with E-state index in [1.165, 1.54) is 0 Å². The van der Waals surface area contributed by atoms with Crippen LogP contribution in [-0.4, -0.2) is 25.4 Å². The molecular formula is C11H18O2S. The lowest BCUT2D eigenvalue weighted by Gasteiger charge is -2.35. The van der Waals surface area contributed by atoms with Gasteiger partial charge in [0, 0.05) is 21.3 Å². The lowest BCUT2D eigenvalue weighted by atomic mass is 9.89. The molecule has 2 heterocycles. The van der Waals surface area contributed by atoms with Gasteiger partial charge in [-0.2, -0.15) is 0 Å². The zero-order chi connectivity index (χ0) is 10.2. The number of allylic oxidation sites excluding steroid dienone is 1. The van der Waals surface area contributed by atoms with Gasteiger partial charge in [-0.3, -0.25) is 4.21 Å². The summed E-state index contributed by atoms with van der Waals surface area (Å²) in [5, 5.41) is 10.9. The van der Waals surface area contributed by atoms with Crippen LogP contribution in [0.1, 0.15) is 38.5 Å². The quantitative estimate of drug-likeness (QED) is 0.727. The van der Waals surface area contributed by atoms with E-state index in [-0.39, 0.29) is 10.5 Å². The third-order valence-corrected chi connectivity index (χ3v) is 5.62. The van der Waals surface area contributed by atoms with Gasteiger partial charge in [-0.15, -0.1) is 6.58 Å². The van der Waals surface area contributed by atoms with Gasteiger partial charge in [-0.05, 0) is 38.5 Å². The molecule has 2 nitrogen and oxygen atoms in total. The van der Waals surface area contributed by atoms with Crippen LogP contribution in [0.2, 0.25) is 0 Å². The van der Waals surface area contributed by atoms with Crippen molar-refractivity contribution in [1.29, 1.82) is 0 Å². The summed E-state index contributed by atoms with van der Waals surface area (Å²) in [4.78, 5) is 0. The summed E-state index contributed by atoms with van der Waals surface area (Å²) >= 11 is 0. The Labute approximate surface area is 87.9 Å². The van der Waals surface area contributed by atoms with E-state index in [9.17, 15) is 9.32 Å². The molecule has 0 amide bonds. The normalized spacial score (nSPS) is 46.5. The second kappa shape index (κ2) is 3.78. The fourth-order valence-electron chi connectivity index (χ4n) is 2.75. The third-order valence-electron chi connectivity index (χ3n) is 3.50. The first-order chi connectivity index (χ1) is 6.64. The van der Waals surface area contributed by atoms with Crippen molar-refractivity contribution in [2.75, 3.05) is 0 Å². The molecule has 0 spiro atoms. The Kier molecular flexibility index (Phi) is 2.80. The van der Waals surface area contributed by atoms with Crippen LogP contribution in [0, 0.1) is 0 Å². The van der Waals surface area contributed by atoms with E-state index in [1.54, 1.807) is 0 Å². The van der Waals surface area contributed by atoms with Crippen LogP contribution in [0.5, 0.6) is 0 Å². The van der Waals surface area contributed by atoms with Crippen LogP contribution in [0.3, 0.4) is 0 Å². The zero-order valence-corrected chi connectivity index (χ0v) is 9.26. The monoisotopic (exact) mass is 214 g/mol. The SMILES string of the molecule is C=CCCC1(O)CC2CCC(C1)S2=O. The summed E-state index contributed by atoms with van der Waals surface area (Å²) in [5.74, 6) is 0. The molecule has 14 heavy (non-hydrogen) atoms. The highest BCUT2D eigenvalue weighted by atomic mass is 32.2. The van der Waals surface area contributed by atoms with Gasteiger partial charge < -0.3 is 5.11 Å². The Morgan fingerprint density at radius 3 is 2.50 bits per heavy atom. The maximum atomic E-state index is 11.7. The smallest absolute Gasteiger partial charge is 0.0673 e. The van der Waals surface area contributed by atoms with Crippen molar-refractivity contribution in [3.63, 3.8) is 0 Å². The van der Waals surface area contributed by atoms with E-state index in [0.717, 1.165) is 38.5 Å². The van der Waals surface area contributed by atoms with Gasteiger partial charge in [0.05, 0.1) is 5.60 Å². The third kappa shape index (κ3) is 1.80. The van der Waals surface area contributed by atoms with Crippen molar-refractivity contribution >= 4 is 10.8 Å². The highest BCUT2D eigenvalue weighted by Crippen LogP contribution is 2.42. The van der Waals surface area contributed by atoms with Gasteiger partial charge in [0.2, 0.25) is 0 Å². The topological polar surface area (TPSA) is 37.3 Å².